The Kier molecular flexibility index (Phi) is 7.33. The summed E-state index contributed by atoms with van der Waals surface area (Å²) in [5, 5.41) is 0.120. The Balaban J connectivity index is 3.04. The van der Waals surface area contributed by atoms with Gasteiger partial charge in [0.2, 0.25) is 5.79 Å². The highest BCUT2D eigenvalue weighted by molar-refractivity contribution is 6.74. The number of rotatable bonds is 8. The van der Waals surface area contributed by atoms with Gasteiger partial charge in [-0.3, -0.25) is 0 Å². The summed E-state index contributed by atoms with van der Waals surface area (Å²) >= 11 is 0. The van der Waals surface area contributed by atoms with Gasteiger partial charge in [-0.1, -0.05) is 40.7 Å². The molecular weight excluding hydrogens is 344 g/mol. The van der Waals surface area contributed by atoms with Crippen LogP contribution in [-0.2, 0) is 18.7 Å². The highest BCUT2D eigenvalue weighted by atomic mass is 28.4. The Hall–Kier alpha value is -1.07. The summed E-state index contributed by atoms with van der Waals surface area (Å²) in [5.41, 5.74) is 0. The number of carbonyl (C=O) groups excluding carboxylic acids is 1. The van der Waals surface area contributed by atoms with Gasteiger partial charge in [-0.15, -0.1) is 6.58 Å². The molecule has 1 aliphatic heterocycles. The topological polar surface area (TPSA) is 44.8 Å². The normalized spacial score (nSPS) is 21.1. The lowest BCUT2D eigenvalue weighted by molar-refractivity contribution is -0.207. The Morgan fingerprint density at radius 2 is 1.85 bits per heavy atom. The summed E-state index contributed by atoms with van der Waals surface area (Å²) in [5.74, 6) is 0.101. The molecule has 1 aliphatic rings. The molecule has 0 fully saturated rings. The van der Waals surface area contributed by atoms with E-state index in [1.54, 1.807) is 13.8 Å². The van der Waals surface area contributed by atoms with Crippen LogP contribution in [0, 0.1) is 11.8 Å². The van der Waals surface area contributed by atoms with Crippen molar-refractivity contribution in [2.24, 2.45) is 11.8 Å². The largest absolute Gasteiger partial charge is 0.457 e. The van der Waals surface area contributed by atoms with Gasteiger partial charge in [0.1, 0.15) is 5.76 Å². The van der Waals surface area contributed by atoms with Crippen molar-refractivity contribution in [2.75, 3.05) is 0 Å². The van der Waals surface area contributed by atoms with Gasteiger partial charge in [0.15, 0.2) is 8.32 Å². The molecule has 0 aromatic heterocycles. The molecule has 0 radical (unpaired) electrons. The van der Waals surface area contributed by atoms with E-state index in [4.69, 9.17) is 13.9 Å². The highest BCUT2D eigenvalue weighted by Gasteiger charge is 2.41. The maximum atomic E-state index is 11.9. The van der Waals surface area contributed by atoms with E-state index in [1.165, 1.54) is 6.08 Å². The molecule has 0 aromatic carbocycles. The third-order valence-corrected chi connectivity index (χ3v) is 9.94. The van der Waals surface area contributed by atoms with Gasteiger partial charge in [0.05, 0.1) is 12.2 Å². The van der Waals surface area contributed by atoms with Crippen LogP contribution in [-0.4, -0.2) is 26.2 Å². The van der Waals surface area contributed by atoms with Crippen molar-refractivity contribution in [3.8, 4) is 0 Å². The Morgan fingerprint density at radius 3 is 2.31 bits per heavy atom. The van der Waals surface area contributed by atoms with Crippen molar-refractivity contribution in [3.05, 3.63) is 24.5 Å². The van der Waals surface area contributed by atoms with Crippen molar-refractivity contribution >= 4 is 14.3 Å². The Morgan fingerprint density at radius 1 is 1.27 bits per heavy atom. The molecule has 4 nitrogen and oxygen atoms in total. The second kappa shape index (κ2) is 8.30. The summed E-state index contributed by atoms with van der Waals surface area (Å²) in [6, 6.07) is 0. The van der Waals surface area contributed by atoms with Gasteiger partial charge in [0.25, 0.3) is 0 Å². The fourth-order valence-corrected chi connectivity index (χ4v) is 4.24. The standard InChI is InChI=1S/C21H38O4Si/c1-11-15(2)12-16(3)18(25-26(9,10)20(4,5)6)13-17-14-19(22)24-21(7,8)23-17/h11,14-16,18H,1,12-13H2,2-10H3/t15-,16-,18+/m1/s1. The molecule has 0 spiro atoms. The van der Waals surface area contributed by atoms with Crippen LogP contribution < -0.4 is 0 Å². The van der Waals surface area contributed by atoms with Crippen LogP contribution in [0.15, 0.2) is 24.5 Å². The second-order valence-electron chi connectivity index (χ2n) is 9.58. The predicted molar refractivity (Wildman–Crippen MR) is 109 cm³/mol. The quantitative estimate of drug-likeness (QED) is 0.302. The van der Waals surface area contributed by atoms with Crippen LogP contribution in [0.25, 0.3) is 0 Å². The van der Waals surface area contributed by atoms with Crippen LogP contribution in [0.5, 0.6) is 0 Å². The molecule has 0 saturated carbocycles. The summed E-state index contributed by atoms with van der Waals surface area (Å²) in [6.45, 7) is 23.0. The van der Waals surface area contributed by atoms with Crippen LogP contribution in [0.4, 0.5) is 0 Å². The highest BCUT2D eigenvalue weighted by Crippen LogP contribution is 2.40. The number of ether oxygens (including phenoxy) is 2. The van der Waals surface area contributed by atoms with Crippen molar-refractivity contribution in [1.29, 1.82) is 0 Å². The van der Waals surface area contributed by atoms with Crippen molar-refractivity contribution < 1.29 is 18.7 Å². The van der Waals surface area contributed by atoms with Gasteiger partial charge in [0, 0.05) is 20.3 Å². The maximum Gasteiger partial charge on any atom is 0.337 e. The first-order chi connectivity index (χ1) is 11.7. The van der Waals surface area contributed by atoms with E-state index in [0.717, 1.165) is 6.42 Å². The molecule has 0 saturated heterocycles. The molecule has 1 heterocycles. The average Bonchev–Trinajstić information content (AvgIpc) is 2.42. The fourth-order valence-electron chi connectivity index (χ4n) is 2.82. The van der Waals surface area contributed by atoms with Crippen molar-refractivity contribution in [3.63, 3.8) is 0 Å². The van der Waals surface area contributed by atoms with Gasteiger partial charge in [-0.05, 0) is 36.4 Å². The number of hydrogen-bond donors (Lipinski definition) is 0. The summed E-state index contributed by atoms with van der Waals surface area (Å²) < 4.78 is 17.8. The van der Waals surface area contributed by atoms with Gasteiger partial charge >= 0.3 is 5.97 Å². The zero-order valence-electron chi connectivity index (χ0n) is 18.1. The Bertz CT molecular complexity index is 543. The zero-order chi connectivity index (χ0) is 20.3. The van der Waals surface area contributed by atoms with E-state index >= 15 is 0 Å². The zero-order valence-corrected chi connectivity index (χ0v) is 19.1. The van der Waals surface area contributed by atoms with E-state index in [1.807, 2.05) is 6.08 Å². The first-order valence-electron chi connectivity index (χ1n) is 9.60. The molecule has 1 rings (SSSR count). The first kappa shape index (κ1) is 23.0. The van der Waals surface area contributed by atoms with Crippen molar-refractivity contribution in [1.82, 2.24) is 0 Å². The molecule has 0 bridgehead atoms. The minimum Gasteiger partial charge on any atom is -0.457 e. The number of hydrogen-bond acceptors (Lipinski definition) is 4. The third kappa shape index (κ3) is 6.58. The lowest BCUT2D eigenvalue weighted by atomic mass is 9.91. The molecule has 3 atom stereocenters. The van der Waals surface area contributed by atoms with Gasteiger partial charge < -0.3 is 13.9 Å². The molecule has 0 amide bonds. The van der Waals surface area contributed by atoms with E-state index in [9.17, 15) is 4.79 Å². The number of esters is 1. The van der Waals surface area contributed by atoms with E-state index in [-0.39, 0.29) is 17.1 Å². The smallest absolute Gasteiger partial charge is 0.337 e. The van der Waals surface area contributed by atoms with Gasteiger partial charge in [-0.2, -0.15) is 0 Å². The Labute approximate surface area is 161 Å². The SMILES string of the molecule is C=C[C@@H](C)C[C@@H](C)[C@H](CC1=CC(=O)OC(C)(C)O1)O[Si](C)(C)C(C)(C)C. The van der Waals surface area contributed by atoms with Gasteiger partial charge in [-0.25, -0.2) is 4.79 Å². The minimum absolute atomic E-state index is 0.00811. The molecule has 26 heavy (non-hydrogen) atoms. The predicted octanol–water partition coefficient (Wildman–Crippen LogP) is 5.81. The lowest BCUT2D eigenvalue weighted by Crippen LogP contribution is -2.46. The van der Waals surface area contributed by atoms with Crippen molar-refractivity contribution in [2.45, 2.75) is 91.3 Å². The van der Waals surface area contributed by atoms with E-state index < -0.39 is 14.1 Å². The molecule has 0 aliphatic carbocycles. The second-order valence-corrected chi connectivity index (χ2v) is 14.3. The summed E-state index contributed by atoms with van der Waals surface area (Å²) in [4.78, 5) is 11.9. The molecular formula is C21H38O4Si. The summed E-state index contributed by atoms with van der Waals surface area (Å²) in [7, 11) is -1.95. The number of carbonyl (C=O) groups is 1. The van der Waals surface area contributed by atoms with Crippen LogP contribution >= 0.6 is 0 Å². The maximum absolute atomic E-state index is 11.9. The van der Waals surface area contributed by atoms with Crippen LogP contribution in [0.2, 0.25) is 18.1 Å². The fraction of sp³-hybridized carbons (Fsp3) is 0.762. The molecule has 0 unspecified atom stereocenters. The minimum atomic E-state index is -1.95. The monoisotopic (exact) mass is 382 g/mol. The van der Waals surface area contributed by atoms with E-state index in [2.05, 4.69) is 54.3 Å². The summed E-state index contributed by atoms with van der Waals surface area (Å²) in [6.07, 6.45) is 5.00. The molecule has 150 valence electrons. The lowest BCUT2D eigenvalue weighted by Gasteiger charge is -2.42. The molecule has 5 heteroatoms. The number of allylic oxidation sites excluding steroid dienone is 1. The average molecular weight is 383 g/mol. The molecule has 0 aromatic rings. The first-order valence-corrected chi connectivity index (χ1v) is 12.5. The van der Waals surface area contributed by atoms with Crippen LogP contribution in [0.3, 0.4) is 0 Å². The third-order valence-electron chi connectivity index (χ3n) is 5.44. The molecule has 0 N–H and O–H groups in total. The van der Waals surface area contributed by atoms with Crippen LogP contribution in [0.1, 0.15) is 61.3 Å². The number of cyclic esters (lactones) is 1. The van der Waals surface area contributed by atoms with E-state index in [0.29, 0.717) is 24.0 Å².